The maximum Gasteiger partial charge on any atom is 0.270 e. The Hall–Kier alpha value is -2.64. The summed E-state index contributed by atoms with van der Waals surface area (Å²) in [5, 5.41) is 22.8. The van der Waals surface area contributed by atoms with E-state index in [2.05, 4.69) is 20.7 Å². The van der Waals surface area contributed by atoms with Crippen LogP contribution >= 0.6 is 0 Å². The zero-order valence-corrected chi connectivity index (χ0v) is 8.95. The molecule has 2 aromatic rings. The number of nitrogens with zero attached hydrogens (tertiary/aromatic N) is 4. The molecule has 0 aliphatic rings. The molecule has 1 aromatic carbocycles. The van der Waals surface area contributed by atoms with Crippen molar-refractivity contribution in [3.05, 3.63) is 23.8 Å². The fraction of sp³-hybridized carbons (Fsp3) is 0.111. The summed E-state index contributed by atoms with van der Waals surface area (Å²) >= 11 is 0. The molecule has 4 N–H and O–H groups in total. The maximum atomic E-state index is 11.7. The SMILES string of the molecule is Cn1nnc(NC(=O)c2ccc(N)c(O)c2)n1. The minimum absolute atomic E-state index is 0.0915. The number of aromatic hydroxyl groups is 1. The van der Waals surface area contributed by atoms with E-state index in [0.717, 1.165) is 0 Å². The Morgan fingerprint density at radius 3 is 2.88 bits per heavy atom. The number of phenolic OH excluding ortho intramolecular Hbond substituents is 1. The molecular formula is C9H10N6O2. The lowest BCUT2D eigenvalue weighted by Crippen LogP contribution is -2.13. The van der Waals surface area contributed by atoms with Crippen LogP contribution in [0.3, 0.4) is 0 Å². The van der Waals surface area contributed by atoms with Crippen molar-refractivity contribution in [3.63, 3.8) is 0 Å². The molecule has 0 spiro atoms. The lowest BCUT2D eigenvalue weighted by molar-refractivity contribution is 0.102. The molecule has 1 amide bonds. The number of aromatic nitrogens is 4. The number of tetrazole rings is 1. The second kappa shape index (κ2) is 4.08. The molecule has 0 aliphatic carbocycles. The summed E-state index contributed by atoms with van der Waals surface area (Å²) in [5.74, 6) is -0.508. The number of carbonyl (C=O) groups excluding carboxylic acids is 1. The third-order valence-electron chi connectivity index (χ3n) is 2.03. The Bertz CT molecular complexity index is 564. The number of nitrogens with two attached hydrogens (primary N) is 1. The van der Waals surface area contributed by atoms with Crippen LogP contribution in [0.1, 0.15) is 10.4 Å². The van der Waals surface area contributed by atoms with Gasteiger partial charge in [-0.15, -0.1) is 5.10 Å². The number of rotatable bonds is 2. The van der Waals surface area contributed by atoms with Crippen molar-refractivity contribution >= 4 is 17.5 Å². The molecule has 1 heterocycles. The quantitative estimate of drug-likeness (QED) is 0.487. The van der Waals surface area contributed by atoms with Gasteiger partial charge in [0, 0.05) is 5.56 Å². The van der Waals surface area contributed by atoms with Gasteiger partial charge < -0.3 is 10.8 Å². The second-order valence-electron chi connectivity index (χ2n) is 3.33. The molecule has 2 rings (SSSR count). The highest BCUT2D eigenvalue weighted by atomic mass is 16.3. The van der Waals surface area contributed by atoms with Gasteiger partial charge in [0.05, 0.1) is 12.7 Å². The number of phenols is 1. The number of carbonyl (C=O) groups is 1. The van der Waals surface area contributed by atoms with Crippen LogP contribution in [-0.2, 0) is 7.05 Å². The van der Waals surface area contributed by atoms with Crippen molar-refractivity contribution in [1.82, 2.24) is 20.2 Å². The molecule has 88 valence electrons. The van der Waals surface area contributed by atoms with Gasteiger partial charge in [-0.05, 0) is 23.4 Å². The van der Waals surface area contributed by atoms with E-state index in [1.807, 2.05) is 0 Å². The van der Waals surface area contributed by atoms with E-state index in [0.29, 0.717) is 0 Å². The van der Waals surface area contributed by atoms with Gasteiger partial charge >= 0.3 is 0 Å². The summed E-state index contributed by atoms with van der Waals surface area (Å²) in [5.41, 5.74) is 5.89. The van der Waals surface area contributed by atoms with Gasteiger partial charge in [-0.25, -0.2) is 0 Å². The topological polar surface area (TPSA) is 119 Å². The first-order chi connectivity index (χ1) is 8.06. The van der Waals surface area contributed by atoms with Gasteiger partial charge in [-0.3, -0.25) is 10.1 Å². The smallest absolute Gasteiger partial charge is 0.270 e. The minimum Gasteiger partial charge on any atom is -0.506 e. The Kier molecular flexibility index (Phi) is 2.61. The molecule has 8 heteroatoms. The summed E-state index contributed by atoms with van der Waals surface area (Å²) in [4.78, 5) is 12.9. The molecule has 0 unspecified atom stereocenters. The van der Waals surface area contributed by atoms with Crippen LogP contribution in [0.25, 0.3) is 0 Å². The number of nitrogen functional groups attached to an aromatic ring is 1. The van der Waals surface area contributed by atoms with Crippen LogP contribution in [0.2, 0.25) is 0 Å². The number of amides is 1. The van der Waals surface area contributed by atoms with Crippen molar-refractivity contribution < 1.29 is 9.90 Å². The highest BCUT2D eigenvalue weighted by molar-refractivity contribution is 6.03. The van der Waals surface area contributed by atoms with Crippen molar-refractivity contribution in [2.24, 2.45) is 7.05 Å². The van der Waals surface area contributed by atoms with E-state index in [1.54, 1.807) is 7.05 Å². The highest BCUT2D eigenvalue weighted by Gasteiger charge is 2.10. The van der Waals surface area contributed by atoms with Crippen molar-refractivity contribution in [2.45, 2.75) is 0 Å². The molecule has 0 radical (unpaired) electrons. The van der Waals surface area contributed by atoms with Gasteiger partial charge in [-0.1, -0.05) is 5.10 Å². The molecule has 0 bridgehead atoms. The fourth-order valence-electron chi connectivity index (χ4n) is 1.19. The molecule has 0 saturated carbocycles. The Morgan fingerprint density at radius 1 is 1.53 bits per heavy atom. The zero-order valence-electron chi connectivity index (χ0n) is 8.95. The third-order valence-corrected chi connectivity index (χ3v) is 2.03. The Labute approximate surface area is 96.0 Å². The van der Waals surface area contributed by atoms with E-state index in [9.17, 15) is 9.90 Å². The van der Waals surface area contributed by atoms with E-state index >= 15 is 0 Å². The van der Waals surface area contributed by atoms with Gasteiger partial charge in [0.15, 0.2) is 0 Å². The number of benzene rings is 1. The Balaban J connectivity index is 2.17. The van der Waals surface area contributed by atoms with Crippen LogP contribution < -0.4 is 11.1 Å². The number of hydrogen-bond donors (Lipinski definition) is 3. The molecule has 0 atom stereocenters. The van der Waals surface area contributed by atoms with Crippen molar-refractivity contribution in [1.29, 1.82) is 0 Å². The normalized spacial score (nSPS) is 10.2. The minimum atomic E-state index is -0.451. The van der Waals surface area contributed by atoms with Crippen LogP contribution in [0, 0.1) is 0 Å². The standard InChI is InChI=1S/C9H10N6O2/c1-15-13-9(12-14-15)11-8(17)5-2-3-6(10)7(16)4-5/h2-4,16H,10H2,1H3,(H,11,13,17). The van der Waals surface area contributed by atoms with Crippen LogP contribution in [0.4, 0.5) is 11.6 Å². The lowest BCUT2D eigenvalue weighted by atomic mass is 10.2. The first-order valence-corrected chi connectivity index (χ1v) is 4.70. The molecule has 0 fully saturated rings. The average molecular weight is 234 g/mol. The zero-order chi connectivity index (χ0) is 12.4. The van der Waals surface area contributed by atoms with E-state index in [1.165, 1.54) is 23.0 Å². The molecule has 0 aliphatic heterocycles. The molecule has 1 aromatic heterocycles. The fourth-order valence-corrected chi connectivity index (χ4v) is 1.19. The van der Waals surface area contributed by atoms with Crippen LogP contribution in [0.15, 0.2) is 18.2 Å². The first-order valence-electron chi connectivity index (χ1n) is 4.70. The van der Waals surface area contributed by atoms with E-state index < -0.39 is 5.91 Å². The second-order valence-corrected chi connectivity index (χ2v) is 3.33. The highest BCUT2D eigenvalue weighted by Crippen LogP contribution is 2.20. The molecule has 17 heavy (non-hydrogen) atoms. The average Bonchev–Trinajstić information content (AvgIpc) is 2.68. The van der Waals surface area contributed by atoms with Gasteiger partial charge in [0.1, 0.15) is 5.75 Å². The number of anilines is 2. The summed E-state index contributed by atoms with van der Waals surface area (Å²) < 4.78 is 0. The largest absolute Gasteiger partial charge is 0.506 e. The first kappa shape index (κ1) is 10.9. The van der Waals surface area contributed by atoms with Crippen molar-refractivity contribution in [3.8, 4) is 5.75 Å². The third kappa shape index (κ3) is 2.30. The number of aryl methyl sites for hydroxylation is 1. The van der Waals surface area contributed by atoms with E-state index in [4.69, 9.17) is 5.73 Å². The van der Waals surface area contributed by atoms with E-state index in [-0.39, 0.29) is 22.9 Å². The predicted molar refractivity (Wildman–Crippen MR) is 59.3 cm³/mol. The van der Waals surface area contributed by atoms with Crippen LogP contribution in [-0.4, -0.2) is 31.2 Å². The summed E-state index contributed by atoms with van der Waals surface area (Å²) in [6.07, 6.45) is 0. The summed E-state index contributed by atoms with van der Waals surface area (Å²) in [7, 11) is 1.58. The molecule has 0 saturated heterocycles. The Morgan fingerprint density at radius 2 is 2.29 bits per heavy atom. The number of nitrogens with one attached hydrogen (secondary N) is 1. The van der Waals surface area contributed by atoms with Crippen LogP contribution in [0.5, 0.6) is 5.75 Å². The maximum absolute atomic E-state index is 11.7. The number of hydrogen-bond acceptors (Lipinski definition) is 6. The summed E-state index contributed by atoms with van der Waals surface area (Å²) in [6, 6.07) is 4.19. The monoisotopic (exact) mass is 234 g/mol. The molecule has 8 nitrogen and oxygen atoms in total. The van der Waals surface area contributed by atoms with Gasteiger partial charge in [-0.2, -0.15) is 4.80 Å². The predicted octanol–water partition coefficient (Wildman–Crippen LogP) is -0.250. The summed E-state index contributed by atoms with van der Waals surface area (Å²) in [6.45, 7) is 0. The van der Waals surface area contributed by atoms with Gasteiger partial charge in [0.2, 0.25) is 0 Å². The van der Waals surface area contributed by atoms with Crippen molar-refractivity contribution in [2.75, 3.05) is 11.1 Å². The van der Waals surface area contributed by atoms with Gasteiger partial charge in [0.25, 0.3) is 11.9 Å². The lowest BCUT2D eigenvalue weighted by Gasteiger charge is -2.03. The molecular weight excluding hydrogens is 224 g/mol.